The molecule has 0 radical (unpaired) electrons. The van der Waals surface area contributed by atoms with Gasteiger partial charge in [0, 0.05) is 24.1 Å². The minimum Gasteiger partial charge on any atom is -0.494 e. The minimum atomic E-state index is -1.38. The summed E-state index contributed by atoms with van der Waals surface area (Å²) in [6.45, 7) is 4.16. The lowest BCUT2D eigenvalue weighted by molar-refractivity contribution is -0.179. The van der Waals surface area contributed by atoms with Crippen LogP contribution in [0.25, 0.3) is 0 Å². The highest BCUT2D eigenvalue weighted by Gasteiger charge is 2.41. The molecule has 1 saturated heterocycles. The van der Waals surface area contributed by atoms with E-state index < -0.39 is 5.79 Å². The maximum atomic E-state index is 11.1. The number of benzene rings is 4. The number of rotatable bonds is 10. The standard InChI is InChI=1S/C26H27ClO4.C8H10O/c1-2-29-23-11-8-19(9-12-23)14-21-15-22(10-13-25(21)27)26(28)16-24(18-31-26)30-17-20-6-4-3-5-7-20;1-9-7-8-5-3-2-4-6-8/h3-13,15,24,28H,2,14,16-18H2,1H3;2-6H,7H2,1H3. The number of methoxy groups -OCH3 is 1. The van der Waals surface area contributed by atoms with Crippen molar-refractivity contribution in [1.29, 1.82) is 0 Å². The molecule has 1 fully saturated rings. The van der Waals surface area contributed by atoms with E-state index in [0.717, 1.165) is 22.4 Å². The number of hydrogen-bond acceptors (Lipinski definition) is 5. The van der Waals surface area contributed by atoms with Crippen LogP contribution in [0.15, 0.2) is 103 Å². The van der Waals surface area contributed by atoms with Crippen LogP contribution in [0.4, 0.5) is 0 Å². The molecule has 1 heterocycles. The molecule has 2 unspecified atom stereocenters. The molecule has 0 aliphatic carbocycles. The van der Waals surface area contributed by atoms with Gasteiger partial charge < -0.3 is 24.1 Å². The molecule has 5 rings (SSSR count). The van der Waals surface area contributed by atoms with Crippen molar-refractivity contribution in [3.8, 4) is 5.75 Å². The predicted molar refractivity (Wildman–Crippen MR) is 159 cm³/mol. The van der Waals surface area contributed by atoms with Crippen LogP contribution in [0.1, 0.15) is 41.2 Å². The molecule has 1 N–H and O–H groups in total. The van der Waals surface area contributed by atoms with Crippen LogP contribution in [0.2, 0.25) is 5.02 Å². The SMILES string of the molecule is CCOc1ccc(Cc2cc(C3(O)CC(OCc4ccccc4)CO3)ccc2Cl)cc1.COCc1ccccc1. The van der Waals surface area contributed by atoms with Gasteiger partial charge in [0.2, 0.25) is 0 Å². The maximum absolute atomic E-state index is 11.1. The summed E-state index contributed by atoms with van der Waals surface area (Å²) in [7, 11) is 1.70. The van der Waals surface area contributed by atoms with Crippen molar-refractivity contribution < 1.29 is 24.1 Å². The Bertz CT molecular complexity index is 1300. The fourth-order valence-electron chi connectivity index (χ4n) is 4.54. The Morgan fingerprint density at radius 3 is 2.12 bits per heavy atom. The van der Waals surface area contributed by atoms with E-state index >= 15 is 0 Å². The normalized spacial score (nSPS) is 18.1. The number of hydrogen-bond donors (Lipinski definition) is 1. The molecule has 5 nitrogen and oxygen atoms in total. The average molecular weight is 561 g/mol. The summed E-state index contributed by atoms with van der Waals surface area (Å²) in [4.78, 5) is 0. The summed E-state index contributed by atoms with van der Waals surface area (Å²) in [5.41, 5.74) is 5.07. The highest BCUT2D eigenvalue weighted by molar-refractivity contribution is 6.31. The van der Waals surface area contributed by atoms with Gasteiger partial charge in [0.15, 0.2) is 5.79 Å². The fraction of sp³-hybridized carbons (Fsp3) is 0.294. The zero-order chi connectivity index (χ0) is 28.2. The van der Waals surface area contributed by atoms with Gasteiger partial charge in [-0.25, -0.2) is 0 Å². The molecule has 1 aliphatic rings. The molecule has 0 saturated carbocycles. The summed E-state index contributed by atoms with van der Waals surface area (Å²) >= 11 is 6.45. The van der Waals surface area contributed by atoms with E-state index in [-0.39, 0.29) is 6.10 Å². The Labute approximate surface area is 242 Å². The highest BCUT2D eigenvalue weighted by Crippen LogP contribution is 2.37. The van der Waals surface area contributed by atoms with Gasteiger partial charge >= 0.3 is 0 Å². The Balaban J connectivity index is 0.000000350. The van der Waals surface area contributed by atoms with Crippen LogP contribution < -0.4 is 4.74 Å². The van der Waals surface area contributed by atoms with E-state index in [9.17, 15) is 5.11 Å². The van der Waals surface area contributed by atoms with Gasteiger partial charge in [-0.05, 0) is 59.9 Å². The molecule has 2 atom stereocenters. The molecular formula is C34H37ClO5. The third-order valence-corrected chi connectivity index (χ3v) is 6.99. The molecule has 6 heteroatoms. The molecule has 210 valence electrons. The van der Waals surface area contributed by atoms with Crippen molar-refractivity contribution in [2.24, 2.45) is 0 Å². The lowest BCUT2D eigenvalue weighted by Gasteiger charge is -2.23. The van der Waals surface area contributed by atoms with Gasteiger partial charge in [0.05, 0.1) is 32.5 Å². The minimum absolute atomic E-state index is 0.171. The number of halogens is 1. The predicted octanol–water partition coefficient (Wildman–Crippen LogP) is 7.31. The first-order valence-electron chi connectivity index (χ1n) is 13.5. The van der Waals surface area contributed by atoms with Gasteiger partial charge in [-0.2, -0.15) is 0 Å². The third kappa shape index (κ3) is 8.65. The number of aliphatic hydroxyl groups is 1. The first-order valence-corrected chi connectivity index (χ1v) is 13.9. The second kappa shape index (κ2) is 15.0. The van der Waals surface area contributed by atoms with Crippen molar-refractivity contribution >= 4 is 11.6 Å². The Morgan fingerprint density at radius 1 is 0.850 bits per heavy atom. The van der Waals surface area contributed by atoms with Crippen molar-refractivity contribution in [2.75, 3.05) is 20.3 Å². The fourth-order valence-corrected chi connectivity index (χ4v) is 4.72. The monoisotopic (exact) mass is 560 g/mol. The molecule has 1 aliphatic heterocycles. The van der Waals surface area contributed by atoms with Crippen molar-refractivity contribution in [2.45, 2.75) is 44.9 Å². The van der Waals surface area contributed by atoms with E-state index in [4.69, 9.17) is 30.5 Å². The van der Waals surface area contributed by atoms with Crippen LogP contribution in [0, 0.1) is 0 Å². The van der Waals surface area contributed by atoms with Crippen LogP contribution in [-0.2, 0) is 39.6 Å². The first kappa shape index (κ1) is 29.8. The first-order chi connectivity index (χ1) is 19.5. The summed E-state index contributed by atoms with van der Waals surface area (Å²) in [6.07, 6.45) is 0.864. The van der Waals surface area contributed by atoms with Crippen LogP contribution in [0.3, 0.4) is 0 Å². The Morgan fingerprint density at radius 2 is 1.50 bits per heavy atom. The molecule has 0 amide bonds. The quantitative estimate of drug-likeness (QED) is 0.220. The van der Waals surface area contributed by atoms with E-state index in [1.165, 1.54) is 5.56 Å². The molecule has 0 bridgehead atoms. The molecule has 4 aromatic carbocycles. The average Bonchev–Trinajstić information content (AvgIpc) is 3.38. The van der Waals surface area contributed by atoms with Crippen molar-refractivity contribution in [1.82, 2.24) is 0 Å². The summed E-state index contributed by atoms with van der Waals surface area (Å²) in [5, 5.41) is 11.8. The summed E-state index contributed by atoms with van der Waals surface area (Å²) in [6, 6.07) is 33.6. The lowest BCUT2D eigenvalue weighted by atomic mass is 9.97. The van der Waals surface area contributed by atoms with Crippen molar-refractivity contribution in [3.63, 3.8) is 0 Å². The van der Waals surface area contributed by atoms with E-state index in [1.807, 2.05) is 110 Å². The Hall–Kier alpha value is -3.19. The van der Waals surface area contributed by atoms with Gasteiger partial charge in [0.1, 0.15) is 5.75 Å². The second-order valence-corrected chi connectivity index (χ2v) is 10.1. The maximum Gasteiger partial charge on any atom is 0.195 e. The highest BCUT2D eigenvalue weighted by atomic mass is 35.5. The van der Waals surface area contributed by atoms with E-state index in [0.29, 0.717) is 49.9 Å². The molecule has 0 spiro atoms. The molecular weight excluding hydrogens is 524 g/mol. The molecule has 0 aromatic heterocycles. The van der Waals surface area contributed by atoms with Crippen molar-refractivity contribution in [3.05, 3.63) is 136 Å². The topological polar surface area (TPSA) is 57.2 Å². The zero-order valence-corrected chi connectivity index (χ0v) is 23.8. The smallest absolute Gasteiger partial charge is 0.195 e. The van der Waals surface area contributed by atoms with Gasteiger partial charge in [0.25, 0.3) is 0 Å². The van der Waals surface area contributed by atoms with E-state index in [2.05, 4.69) is 0 Å². The van der Waals surface area contributed by atoms with Crippen LogP contribution in [-0.4, -0.2) is 31.5 Å². The van der Waals surface area contributed by atoms with Gasteiger partial charge in [-0.1, -0.05) is 90.5 Å². The zero-order valence-electron chi connectivity index (χ0n) is 23.1. The largest absolute Gasteiger partial charge is 0.494 e. The van der Waals surface area contributed by atoms with Gasteiger partial charge in [-0.15, -0.1) is 0 Å². The van der Waals surface area contributed by atoms with Crippen LogP contribution in [0.5, 0.6) is 5.75 Å². The third-order valence-electron chi connectivity index (χ3n) is 6.62. The van der Waals surface area contributed by atoms with E-state index in [1.54, 1.807) is 7.11 Å². The summed E-state index contributed by atoms with van der Waals surface area (Å²) in [5.74, 6) is -0.527. The summed E-state index contributed by atoms with van der Waals surface area (Å²) < 4.78 is 22.2. The number of ether oxygens (including phenoxy) is 4. The Kier molecular flexibility index (Phi) is 11.2. The van der Waals surface area contributed by atoms with Gasteiger partial charge in [-0.3, -0.25) is 0 Å². The molecule has 4 aromatic rings. The lowest BCUT2D eigenvalue weighted by Crippen LogP contribution is -2.25. The second-order valence-electron chi connectivity index (χ2n) is 9.70. The molecule has 40 heavy (non-hydrogen) atoms. The van der Waals surface area contributed by atoms with Crippen LogP contribution >= 0.6 is 11.6 Å².